The summed E-state index contributed by atoms with van der Waals surface area (Å²) in [7, 11) is 0. The molecule has 0 unspecified atom stereocenters. The second-order valence-corrected chi connectivity index (χ2v) is 6.50. The minimum absolute atomic E-state index is 0. The van der Waals surface area contributed by atoms with E-state index in [1.54, 1.807) is 0 Å². The molecule has 0 saturated heterocycles. The van der Waals surface area contributed by atoms with Crippen LogP contribution in [0.1, 0.15) is 52.4 Å². The van der Waals surface area contributed by atoms with Gasteiger partial charge in [-0.15, -0.1) is 0 Å². The summed E-state index contributed by atoms with van der Waals surface area (Å²) in [4.78, 5) is 22.5. The molecule has 1 saturated carbocycles. The minimum Gasteiger partial charge on any atom is -0.381 e. The SMILES string of the molecule is CC(C)COCCCOCCC(=O)NC1CCC(C=O)CC1.[CH3-].[CH3-].[K+]. The standard InChI is InChI=1S/C17H31NO4.2CH3.K/c1-14(2)13-22-10-3-9-21-11-8-17(20)18-16-6-4-15(12-19)5-7-16;;;/h12,14-16H,3-11,13H2,1-2H3,(H,18,20);2*1H3;/q;2*-1;+1. The summed E-state index contributed by atoms with van der Waals surface area (Å²) < 4.78 is 10.9. The molecule has 25 heavy (non-hydrogen) atoms. The predicted octanol–water partition coefficient (Wildman–Crippen LogP) is 0.234. The zero-order valence-corrected chi connectivity index (χ0v) is 20.1. The molecule has 0 bridgehead atoms. The van der Waals surface area contributed by atoms with Crippen molar-refractivity contribution in [2.45, 2.75) is 58.4 Å². The van der Waals surface area contributed by atoms with Crippen LogP contribution in [0, 0.1) is 26.7 Å². The molecule has 1 rings (SSSR count). The third kappa shape index (κ3) is 16.6. The van der Waals surface area contributed by atoms with Gasteiger partial charge in [-0.1, -0.05) is 13.8 Å². The van der Waals surface area contributed by atoms with Crippen molar-refractivity contribution in [2.24, 2.45) is 11.8 Å². The maximum Gasteiger partial charge on any atom is 1.00 e. The van der Waals surface area contributed by atoms with Crippen LogP contribution in [0.4, 0.5) is 0 Å². The van der Waals surface area contributed by atoms with E-state index >= 15 is 0 Å². The van der Waals surface area contributed by atoms with Crippen LogP contribution in [-0.2, 0) is 19.1 Å². The van der Waals surface area contributed by atoms with Crippen molar-refractivity contribution < 1.29 is 70.4 Å². The molecule has 0 aromatic rings. The average molecular weight is 383 g/mol. The third-order valence-corrected chi connectivity index (χ3v) is 3.83. The van der Waals surface area contributed by atoms with Crippen molar-refractivity contribution in [3.05, 3.63) is 14.9 Å². The van der Waals surface area contributed by atoms with Gasteiger partial charge in [0.2, 0.25) is 5.91 Å². The number of carbonyl (C=O) groups excluding carboxylic acids is 2. The van der Waals surface area contributed by atoms with Crippen molar-refractivity contribution in [3.8, 4) is 0 Å². The molecule has 1 amide bonds. The van der Waals surface area contributed by atoms with Crippen molar-refractivity contribution >= 4 is 12.2 Å². The van der Waals surface area contributed by atoms with E-state index in [2.05, 4.69) is 19.2 Å². The molecule has 0 heterocycles. The Bertz CT molecular complexity index is 319. The van der Waals surface area contributed by atoms with Crippen LogP contribution in [0.25, 0.3) is 0 Å². The molecule has 1 aliphatic carbocycles. The van der Waals surface area contributed by atoms with E-state index in [0.29, 0.717) is 32.2 Å². The van der Waals surface area contributed by atoms with Gasteiger partial charge in [0.25, 0.3) is 0 Å². The summed E-state index contributed by atoms with van der Waals surface area (Å²) in [6, 6.07) is 0.230. The monoisotopic (exact) mass is 382 g/mol. The summed E-state index contributed by atoms with van der Waals surface area (Å²) >= 11 is 0. The van der Waals surface area contributed by atoms with Gasteiger partial charge in [-0.3, -0.25) is 4.79 Å². The van der Waals surface area contributed by atoms with Crippen LogP contribution < -0.4 is 56.7 Å². The summed E-state index contributed by atoms with van der Waals surface area (Å²) in [6.07, 6.45) is 5.90. The molecular weight excluding hydrogens is 345 g/mol. The largest absolute Gasteiger partial charge is 1.00 e. The molecule has 1 N–H and O–H groups in total. The molecule has 1 aliphatic rings. The smallest absolute Gasteiger partial charge is 0.381 e. The summed E-state index contributed by atoms with van der Waals surface area (Å²) in [5.74, 6) is 0.797. The molecule has 0 radical (unpaired) electrons. The fraction of sp³-hybridized carbons (Fsp3) is 0.789. The maximum atomic E-state index is 11.8. The van der Waals surface area contributed by atoms with Crippen molar-refractivity contribution in [2.75, 3.05) is 26.4 Å². The molecule has 0 atom stereocenters. The van der Waals surface area contributed by atoms with Crippen LogP contribution in [0.15, 0.2) is 0 Å². The number of nitrogens with one attached hydrogen (secondary N) is 1. The topological polar surface area (TPSA) is 64.6 Å². The predicted molar refractivity (Wildman–Crippen MR) is 98.5 cm³/mol. The van der Waals surface area contributed by atoms with Gasteiger partial charge < -0.3 is 34.4 Å². The Labute approximate surface area is 197 Å². The molecule has 0 spiro atoms. The van der Waals surface area contributed by atoms with Gasteiger partial charge in [0.05, 0.1) is 6.61 Å². The van der Waals surface area contributed by atoms with E-state index in [-0.39, 0.29) is 84.1 Å². The maximum absolute atomic E-state index is 11.8. The third-order valence-electron chi connectivity index (χ3n) is 3.83. The number of carbonyl (C=O) groups is 2. The molecule has 0 aromatic heterocycles. The van der Waals surface area contributed by atoms with Gasteiger partial charge in [-0.25, -0.2) is 0 Å². The molecule has 0 aliphatic heterocycles. The Hall–Kier alpha value is 0.696. The fourth-order valence-electron chi connectivity index (χ4n) is 2.55. The summed E-state index contributed by atoms with van der Waals surface area (Å²) in [6.45, 7) is 6.84. The van der Waals surface area contributed by atoms with E-state index in [0.717, 1.165) is 45.0 Å². The van der Waals surface area contributed by atoms with Crippen LogP contribution >= 0.6 is 0 Å². The molecule has 0 aromatic carbocycles. The molecule has 144 valence electrons. The molecule has 6 heteroatoms. The van der Waals surface area contributed by atoms with Crippen LogP contribution in [-0.4, -0.2) is 44.7 Å². The van der Waals surface area contributed by atoms with Gasteiger partial charge in [-0.05, 0) is 38.0 Å². The Kier molecular flexibility index (Phi) is 23.7. The van der Waals surface area contributed by atoms with E-state index < -0.39 is 0 Å². The number of hydrogen-bond donors (Lipinski definition) is 1. The Morgan fingerprint density at radius 2 is 1.68 bits per heavy atom. The Morgan fingerprint density at radius 1 is 1.08 bits per heavy atom. The van der Waals surface area contributed by atoms with Crippen molar-refractivity contribution in [1.82, 2.24) is 5.32 Å². The number of hydrogen-bond acceptors (Lipinski definition) is 4. The van der Waals surface area contributed by atoms with Gasteiger partial charge in [0.15, 0.2) is 0 Å². The summed E-state index contributed by atoms with van der Waals surface area (Å²) in [5, 5.41) is 3.03. The van der Waals surface area contributed by atoms with Crippen molar-refractivity contribution in [1.29, 1.82) is 0 Å². The van der Waals surface area contributed by atoms with Gasteiger partial charge in [0, 0.05) is 38.2 Å². The average Bonchev–Trinajstić information content (AvgIpc) is 2.50. The van der Waals surface area contributed by atoms with Crippen LogP contribution in [0.3, 0.4) is 0 Å². The van der Waals surface area contributed by atoms with Gasteiger partial charge in [0.1, 0.15) is 6.29 Å². The Balaban J connectivity index is -0.00000161. The number of aldehydes is 1. The number of amides is 1. The van der Waals surface area contributed by atoms with E-state index in [9.17, 15) is 9.59 Å². The van der Waals surface area contributed by atoms with Gasteiger partial charge >= 0.3 is 51.4 Å². The number of ether oxygens (including phenoxy) is 2. The number of rotatable bonds is 11. The van der Waals surface area contributed by atoms with Crippen LogP contribution in [0.2, 0.25) is 0 Å². The second kappa shape index (κ2) is 19.5. The quantitative estimate of drug-likeness (QED) is 0.241. The van der Waals surface area contributed by atoms with Crippen LogP contribution in [0.5, 0.6) is 0 Å². The normalized spacial score (nSPS) is 19.2. The van der Waals surface area contributed by atoms with E-state index in [1.807, 2.05) is 0 Å². The zero-order chi connectivity index (χ0) is 16.2. The van der Waals surface area contributed by atoms with E-state index in [4.69, 9.17) is 9.47 Å². The van der Waals surface area contributed by atoms with Gasteiger partial charge in [-0.2, -0.15) is 0 Å². The molecular formula is C19H37KNO4-. The van der Waals surface area contributed by atoms with Crippen molar-refractivity contribution in [3.63, 3.8) is 0 Å². The van der Waals surface area contributed by atoms with E-state index in [1.165, 1.54) is 0 Å². The first-order chi connectivity index (χ1) is 10.6. The fourth-order valence-corrected chi connectivity index (χ4v) is 2.55. The molecule has 1 fully saturated rings. The second-order valence-electron chi connectivity index (χ2n) is 6.50. The first-order valence-electron chi connectivity index (χ1n) is 8.52. The zero-order valence-electron chi connectivity index (χ0n) is 17.0. The summed E-state index contributed by atoms with van der Waals surface area (Å²) in [5.41, 5.74) is 0. The minimum atomic E-state index is 0. The molecule has 5 nitrogen and oxygen atoms in total. The first kappa shape index (κ1) is 30.4. The first-order valence-corrected chi connectivity index (χ1v) is 8.52. The Morgan fingerprint density at radius 3 is 2.24 bits per heavy atom.